The molecule has 2 N–H and O–H groups in total. The Morgan fingerprint density at radius 2 is 2.04 bits per heavy atom. The van der Waals surface area contributed by atoms with E-state index in [-0.39, 0.29) is 24.0 Å². The van der Waals surface area contributed by atoms with Crippen molar-refractivity contribution in [3.63, 3.8) is 0 Å². The third kappa shape index (κ3) is 6.03. The molecule has 0 unspecified atom stereocenters. The maximum absolute atomic E-state index is 4.74. The van der Waals surface area contributed by atoms with Gasteiger partial charge in [0.05, 0.1) is 0 Å². The highest BCUT2D eigenvalue weighted by Gasteiger charge is 2.21. The van der Waals surface area contributed by atoms with Crippen molar-refractivity contribution in [3.05, 3.63) is 30.2 Å². The summed E-state index contributed by atoms with van der Waals surface area (Å²) >= 11 is 0. The first-order valence-corrected chi connectivity index (χ1v) is 9.75. The maximum atomic E-state index is 4.74. The van der Waals surface area contributed by atoms with Gasteiger partial charge in [-0.25, -0.2) is 0 Å². The first-order valence-electron chi connectivity index (χ1n) is 9.75. The number of aliphatic imine (C=N–C) groups is 1. The molecular formula is C19H32IN7. The summed E-state index contributed by atoms with van der Waals surface area (Å²) in [5, 5.41) is 15.4. The number of fused-ring (bicyclic) bond motifs is 1. The standard InChI is InChI=1S/C19H31N7.HI/c1-4-20-19(22-16-9-13-25(14-10-16)15(2)3)21-11-8-18-24-23-17-7-5-6-12-26(17)18;/h5-7,12,15-16H,4,8-11,13-14H2,1-3H3,(H2,20,21,22);1H. The van der Waals surface area contributed by atoms with Gasteiger partial charge in [0.1, 0.15) is 5.82 Å². The van der Waals surface area contributed by atoms with Gasteiger partial charge in [0.2, 0.25) is 0 Å². The van der Waals surface area contributed by atoms with Crippen LogP contribution in [0.5, 0.6) is 0 Å². The van der Waals surface area contributed by atoms with Gasteiger partial charge in [-0.05, 0) is 45.7 Å². The van der Waals surface area contributed by atoms with Crippen LogP contribution in [0, 0.1) is 0 Å². The average molecular weight is 485 g/mol. The second kappa shape index (κ2) is 10.8. The highest BCUT2D eigenvalue weighted by atomic mass is 127. The van der Waals surface area contributed by atoms with Crippen molar-refractivity contribution >= 4 is 35.6 Å². The van der Waals surface area contributed by atoms with E-state index in [0.717, 1.165) is 56.3 Å². The Morgan fingerprint density at radius 3 is 2.74 bits per heavy atom. The summed E-state index contributed by atoms with van der Waals surface area (Å²) in [6.07, 6.45) is 5.10. The number of piperidine rings is 1. The van der Waals surface area contributed by atoms with Crippen molar-refractivity contribution in [2.75, 3.05) is 26.2 Å². The van der Waals surface area contributed by atoms with Crippen molar-refractivity contribution in [1.82, 2.24) is 30.1 Å². The molecule has 0 saturated carbocycles. The van der Waals surface area contributed by atoms with Crippen molar-refractivity contribution in [3.8, 4) is 0 Å². The van der Waals surface area contributed by atoms with E-state index in [4.69, 9.17) is 4.99 Å². The number of pyridine rings is 1. The molecule has 1 aliphatic rings. The molecule has 0 amide bonds. The highest BCUT2D eigenvalue weighted by molar-refractivity contribution is 14.0. The van der Waals surface area contributed by atoms with Crippen LogP contribution in [0.4, 0.5) is 0 Å². The van der Waals surface area contributed by atoms with Gasteiger partial charge in [-0.2, -0.15) is 0 Å². The van der Waals surface area contributed by atoms with E-state index in [2.05, 4.69) is 46.5 Å². The van der Waals surface area contributed by atoms with Crippen molar-refractivity contribution in [2.24, 2.45) is 4.99 Å². The van der Waals surface area contributed by atoms with Crippen molar-refractivity contribution < 1.29 is 0 Å². The van der Waals surface area contributed by atoms with Crippen LogP contribution in [-0.4, -0.2) is 63.7 Å². The minimum absolute atomic E-state index is 0. The van der Waals surface area contributed by atoms with Crippen LogP contribution in [0.25, 0.3) is 5.65 Å². The molecule has 8 heteroatoms. The zero-order valence-electron chi connectivity index (χ0n) is 16.6. The molecule has 0 spiro atoms. The summed E-state index contributed by atoms with van der Waals surface area (Å²) in [6, 6.07) is 7.07. The fraction of sp³-hybridized carbons (Fsp3) is 0.632. The van der Waals surface area contributed by atoms with Gasteiger partial charge in [0, 0.05) is 50.9 Å². The number of hydrogen-bond acceptors (Lipinski definition) is 4. The van der Waals surface area contributed by atoms with Crippen LogP contribution in [0.3, 0.4) is 0 Å². The number of aromatic nitrogens is 3. The smallest absolute Gasteiger partial charge is 0.191 e. The molecule has 0 radical (unpaired) electrons. The Bertz CT molecular complexity index is 720. The third-order valence-corrected chi connectivity index (χ3v) is 4.93. The molecule has 2 aromatic heterocycles. The third-order valence-electron chi connectivity index (χ3n) is 4.93. The van der Waals surface area contributed by atoms with Crippen molar-refractivity contribution in [2.45, 2.75) is 52.1 Å². The summed E-state index contributed by atoms with van der Waals surface area (Å²) in [6.45, 7) is 10.5. The lowest BCUT2D eigenvalue weighted by atomic mass is 10.0. The highest BCUT2D eigenvalue weighted by Crippen LogP contribution is 2.12. The molecule has 7 nitrogen and oxygen atoms in total. The molecule has 1 saturated heterocycles. The van der Waals surface area contributed by atoms with Crippen LogP contribution in [0.1, 0.15) is 39.4 Å². The van der Waals surface area contributed by atoms with E-state index in [1.807, 2.05) is 28.8 Å². The Hall–Kier alpha value is -1.42. The zero-order chi connectivity index (χ0) is 18.4. The molecule has 3 heterocycles. The lowest BCUT2D eigenvalue weighted by molar-refractivity contribution is 0.167. The Labute approximate surface area is 179 Å². The number of nitrogens with zero attached hydrogens (tertiary/aromatic N) is 5. The topological polar surface area (TPSA) is 69.8 Å². The van der Waals surface area contributed by atoms with Gasteiger partial charge in [-0.3, -0.25) is 9.39 Å². The van der Waals surface area contributed by atoms with Gasteiger partial charge < -0.3 is 15.5 Å². The van der Waals surface area contributed by atoms with Crippen LogP contribution in [0.2, 0.25) is 0 Å². The molecule has 0 aliphatic carbocycles. The number of nitrogens with one attached hydrogen (secondary N) is 2. The molecule has 0 aromatic carbocycles. The first kappa shape index (κ1) is 21.9. The fourth-order valence-corrected chi connectivity index (χ4v) is 3.40. The van der Waals surface area contributed by atoms with Crippen LogP contribution in [0.15, 0.2) is 29.4 Å². The number of halogens is 1. The summed E-state index contributed by atoms with van der Waals surface area (Å²) in [5.74, 6) is 1.86. The van der Waals surface area contributed by atoms with E-state index < -0.39 is 0 Å². The lowest BCUT2D eigenvalue weighted by Gasteiger charge is -2.35. The Kier molecular flexibility index (Phi) is 8.75. The summed E-state index contributed by atoms with van der Waals surface area (Å²) in [7, 11) is 0. The van der Waals surface area contributed by atoms with Crippen LogP contribution >= 0.6 is 24.0 Å². The van der Waals surface area contributed by atoms with Gasteiger partial charge in [0.15, 0.2) is 11.6 Å². The second-order valence-corrected chi connectivity index (χ2v) is 7.10. The van der Waals surface area contributed by atoms with E-state index >= 15 is 0 Å². The van der Waals surface area contributed by atoms with Crippen LogP contribution in [-0.2, 0) is 6.42 Å². The SMILES string of the molecule is CCNC(=NCCc1nnc2ccccn12)NC1CCN(C(C)C)CC1.I. The Balaban J connectivity index is 0.00000261. The maximum Gasteiger partial charge on any atom is 0.191 e. The molecule has 3 rings (SSSR count). The number of likely N-dealkylation sites (tertiary alicyclic amines) is 1. The molecule has 1 fully saturated rings. The van der Waals surface area contributed by atoms with Gasteiger partial charge in [-0.15, -0.1) is 34.2 Å². The predicted molar refractivity (Wildman–Crippen MR) is 121 cm³/mol. The van der Waals surface area contributed by atoms with Gasteiger partial charge >= 0.3 is 0 Å². The molecule has 150 valence electrons. The van der Waals surface area contributed by atoms with Crippen molar-refractivity contribution in [1.29, 1.82) is 0 Å². The number of rotatable bonds is 6. The fourth-order valence-electron chi connectivity index (χ4n) is 3.40. The second-order valence-electron chi connectivity index (χ2n) is 7.10. The zero-order valence-corrected chi connectivity index (χ0v) is 18.9. The predicted octanol–water partition coefficient (Wildman–Crippen LogP) is 2.32. The van der Waals surface area contributed by atoms with E-state index in [9.17, 15) is 0 Å². The van der Waals surface area contributed by atoms with Crippen LogP contribution < -0.4 is 10.6 Å². The minimum atomic E-state index is 0. The largest absolute Gasteiger partial charge is 0.357 e. The van der Waals surface area contributed by atoms with E-state index in [1.54, 1.807) is 0 Å². The molecule has 27 heavy (non-hydrogen) atoms. The van der Waals surface area contributed by atoms with E-state index in [0.29, 0.717) is 18.6 Å². The average Bonchev–Trinajstić information content (AvgIpc) is 3.06. The van der Waals surface area contributed by atoms with E-state index in [1.165, 1.54) is 0 Å². The molecule has 1 aliphatic heterocycles. The van der Waals surface area contributed by atoms with Gasteiger partial charge in [-0.1, -0.05) is 6.07 Å². The first-order chi connectivity index (χ1) is 12.7. The number of hydrogen-bond donors (Lipinski definition) is 2. The molecule has 2 aromatic rings. The summed E-state index contributed by atoms with van der Waals surface area (Å²) in [5.41, 5.74) is 0.883. The molecular weight excluding hydrogens is 453 g/mol. The quantitative estimate of drug-likeness (QED) is 0.374. The number of guanidine groups is 1. The molecule has 0 atom stereocenters. The molecule has 0 bridgehead atoms. The normalized spacial score (nSPS) is 16.5. The van der Waals surface area contributed by atoms with Gasteiger partial charge in [0.25, 0.3) is 0 Å². The monoisotopic (exact) mass is 485 g/mol. The summed E-state index contributed by atoms with van der Waals surface area (Å²) in [4.78, 5) is 7.28. The summed E-state index contributed by atoms with van der Waals surface area (Å²) < 4.78 is 2.03. The lowest BCUT2D eigenvalue weighted by Crippen LogP contribution is -2.49. The minimum Gasteiger partial charge on any atom is -0.357 e. The Morgan fingerprint density at radius 1 is 1.26 bits per heavy atom.